The van der Waals surface area contributed by atoms with Crippen molar-refractivity contribution < 1.29 is 17.4 Å². The molecule has 1 unspecified atom stereocenters. The second-order valence-corrected chi connectivity index (χ2v) is 5.08. The number of hydrogen-bond donors (Lipinski definition) is 0. The van der Waals surface area contributed by atoms with E-state index in [4.69, 9.17) is 0 Å². The lowest BCUT2D eigenvalue weighted by Gasteiger charge is -2.07. The van der Waals surface area contributed by atoms with Crippen LogP contribution in [0, 0.1) is 0 Å². The molecule has 0 spiro atoms. The van der Waals surface area contributed by atoms with Crippen molar-refractivity contribution in [3.63, 3.8) is 0 Å². The highest BCUT2D eigenvalue weighted by Gasteiger charge is 2.37. The first-order valence-electron chi connectivity index (χ1n) is 5.12. The molecule has 0 N–H and O–H groups in total. The van der Waals surface area contributed by atoms with E-state index in [1.807, 2.05) is 30.3 Å². The zero-order chi connectivity index (χ0) is 13.2. The summed E-state index contributed by atoms with van der Waals surface area (Å²) in [5, 5.41) is 0. The molecule has 0 radical (unpaired) electrons. The topological polar surface area (TPSA) is 17.1 Å². The van der Waals surface area contributed by atoms with Crippen LogP contribution in [-0.2, 0) is 10.8 Å². The van der Waals surface area contributed by atoms with E-state index in [9.17, 15) is 17.4 Å². The summed E-state index contributed by atoms with van der Waals surface area (Å²) in [6.45, 7) is 0. The first-order chi connectivity index (χ1) is 8.48. The van der Waals surface area contributed by atoms with Crippen LogP contribution in [0.15, 0.2) is 59.5 Å². The Kier molecular flexibility index (Phi) is 3.52. The van der Waals surface area contributed by atoms with Crippen molar-refractivity contribution in [1.29, 1.82) is 0 Å². The van der Waals surface area contributed by atoms with Crippen LogP contribution in [0.2, 0.25) is 0 Å². The minimum Gasteiger partial charge on any atom is -0.245 e. The number of halogens is 3. The van der Waals surface area contributed by atoms with Crippen LogP contribution in [0.1, 0.15) is 0 Å². The lowest BCUT2D eigenvalue weighted by atomic mass is 10.1. The zero-order valence-electron chi connectivity index (χ0n) is 9.15. The molecule has 94 valence electrons. The van der Waals surface area contributed by atoms with Crippen LogP contribution < -0.4 is 0 Å². The molecule has 2 rings (SSSR count). The lowest BCUT2D eigenvalue weighted by Crippen LogP contribution is -2.16. The quantitative estimate of drug-likeness (QED) is 0.806. The molecular formula is C13H9F3OS. The standard InChI is InChI=1S/C13H9F3OS/c14-13(15,16)18(17)12-8-6-11(7-9-12)10-4-2-1-3-5-10/h1-9H. The molecule has 0 aromatic heterocycles. The van der Waals surface area contributed by atoms with Crippen molar-refractivity contribution in [1.82, 2.24) is 0 Å². The lowest BCUT2D eigenvalue weighted by molar-refractivity contribution is -0.0384. The van der Waals surface area contributed by atoms with Crippen LogP contribution in [0.25, 0.3) is 11.1 Å². The Morgan fingerprint density at radius 1 is 0.778 bits per heavy atom. The monoisotopic (exact) mass is 270 g/mol. The van der Waals surface area contributed by atoms with Gasteiger partial charge in [-0.1, -0.05) is 42.5 Å². The Bertz CT molecular complexity index is 547. The van der Waals surface area contributed by atoms with E-state index >= 15 is 0 Å². The fourth-order valence-corrected chi connectivity index (χ4v) is 2.19. The molecule has 2 aromatic rings. The van der Waals surface area contributed by atoms with E-state index in [-0.39, 0.29) is 4.90 Å². The third-order valence-electron chi connectivity index (χ3n) is 2.39. The summed E-state index contributed by atoms with van der Waals surface area (Å²) < 4.78 is 47.9. The van der Waals surface area contributed by atoms with Gasteiger partial charge < -0.3 is 0 Å². The number of rotatable bonds is 2. The van der Waals surface area contributed by atoms with Gasteiger partial charge in [-0.3, -0.25) is 0 Å². The average Bonchev–Trinajstić information content (AvgIpc) is 2.38. The highest BCUT2D eigenvalue weighted by atomic mass is 32.2. The van der Waals surface area contributed by atoms with Gasteiger partial charge in [-0.15, -0.1) is 0 Å². The van der Waals surface area contributed by atoms with E-state index in [1.165, 1.54) is 24.3 Å². The van der Waals surface area contributed by atoms with Crippen LogP contribution in [0.5, 0.6) is 0 Å². The van der Waals surface area contributed by atoms with Gasteiger partial charge in [0, 0.05) is 4.90 Å². The number of hydrogen-bond acceptors (Lipinski definition) is 1. The van der Waals surface area contributed by atoms with E-state index in [2.05, 4.69) is 0 Å². The second kappa shape index (κ2) is 4.94. The summed E-state index contributed by atoms with van der Waals surface area (Å²) in [5.41, 5.74) is -3.02. The highest BCUT2D eigenvalue weighted by molar-refractivity contribution is 7.86. The molecule has 0 aliphatic heterocycles. The Labute approximate surface area is 105 Å². The molecule has 2 aromatic carbocycles. The molecular weight excluding hydrogens is 261 g/mol. The molecule has 1 atom stereocenters. The van der Waals surface area contributed by atoms with Gasteiger partial charge in [-0.05, 0) is 23.3 Å². The van der Waals surface area contributed by atoms with Gasteiger partial charge in [0.25, 0.3) is 0 Å². The van der Waals surface area contributed by atoms with Gasteiger partial charge in [0.2, 0.25) is 0 Å². The minimum atomic E-state index is -4.71. The average molecular weight is 270 g/mol. The maximum atomic E-state index is 12.3. The van der Waals surface area contributed by atoms with Crippen molar-refractivity contribution in [2.75, 3.05) is 0 Å². The van der Waals surface area contributed by atoms with Crippen LogP contribution in [0.3, 0.4) is 0 Å². The van der Waals surface area contributed by atoms with Crippen molar-refractivity contribution in [2.45, 2.75) is 10.4 Å². The molecule has 5 heteroatoms. The predicted octanol–water partition coefficient (Wildman–Crippen LogP) is 3.98. The van der Waals surface area contributed by atoms with Crippen LogP contribution >= 0.6 is 0 Å². The Morgan fingerprint density at radius 2 is 1.28 bits per heavy atom. The fraction of sp³-hybridized carbons (Fsp3) is 0.0769. The molecule has 18 heavy (non-hydrogen) atoms. The molecule has 0 saturated heterocycles. The summed E-state index contributed by atoms with van der Waals surface area (Å²) >= 11 is 0. The summed E-state index contributed by atoms with van der Waals surface area (Å²) in [4.78, 5) is -0.234. The van der Waals surface area contributed by atoms with Gasteiger partial charge in [0.15, 0.2) is 10.8 Å². The van der Waals surface area contributed by atoms with E-state index < -0.39 is 16.3 Å². The molecule has 0 bridgehead atoms. The SMILES string of the molecule is O=S(c1ccc(-c2ccccc2)cc1)C(F)(F)F. The zero-order valence-corrected chi connectivity index (χ0v) is 9.96. The van der Waals surface area contributed by atoms with E-state index in [0.717, 1.165) is 11.1 Å². The highest BCUT2D eigenvalue weighted by Crippen LogP contribution is 2.28. The molecule has 0 heterocycles. The fourth-order valence-electron chi connectivity index (χ4n) is 1.54. The summed E-state index contributed by atoms with van der Waals surface area (Å²) in [5.74, 6) is 0. The Balaban J connectivity index is 2.29. The molecule has 0 aliphatic rings. The first kappa shape index (κ1) is 12.8. The van der Waals surface area contributed by atoms with Crippen molar-refractivity contribution in [3.05, 3.63) is 54.6 Å². The maximum absolute atomic E-state index is 12.3. The van der Waals surface area contributed by atoms with E-state index in [1.54, 1.807) is 0 Å². The number of benzene rings is 2. The maximum Gasteiger partial charge on any atom is 0.475 e. The summed E-state index contributed by atoms with van der Waals surface area (Å²) in [7, 11) is -2.97. The van der Waals surface area contributed by atoms with Crippen molar-refractivity contribution in [3.8, 4) is 11.1 Å². The van der Waals surface area contributed by atoms with Crippen molar-refractivity contribution in [2.24, 2.45) is 0 Å². The van der Waals surface area contributed by atoms with Gasteiger partial charge in [0.1, 0.15) is 0 Å². The first-order valence-corrected chi connectivity index (χ1v) is 6.27. The summed E-state index contributed by atoms with van der Waals surface area (Å²) in [6.07, 6.45) is 0. The van der Waals surface area contributed by atoms with Gasteiger partial charge in [-0.25, -0.2) is 4.21 Å². The Hall–Kier alpha value is -1.62. The predicted molar refractivity (Wildman–Crippen MR) is 64.3 cm³/mol. The largest absolute Gasteiger partial charge is 0.475 e. The molecule has 1 nitrogen and oxygen atoms in total. The minimum absolute atomic E-state index is 0.234. The molecule has 0 amide bonds. The normalized spacial score (nSPS) is 13.3. The van der Waals surface area contributed by atoms with Crippen LogP contribution in [-0.4, -0.2) is 9.72 Å². The van der Waals surface area contributed by atoms with Gasteiger partial charge in [-0.2, -0.15) is 13.2 Å². The second-order valence-electron chi connectivity index (χ2n) is 3.60. The van der Waals surface area contributed by atoms with Crippen molar-refractivity contribution >= 4 is 10.8 Å². The third-order valence-corrected chi connectivity index (χ3v) is 3.51. The Morgan fingerprint density at radius 3 is 1.78 bits per heavy atom. The molecule has 0 aliphatic carbocycles. The van der Waals surface area contributed by atoms with E-state index in [0.29, 0.717) is 0 Å². The molecule has 0 saturated carbocycles. The van der Waals surface area contributed by atoms with Gasteiger partial charge >= 0.3 is 5.51 Å². The summed E-state index contributed by atoms with van der Waals surface area (Å²) in [6, 6.07) is 14.8. The van der Waals surface area contributed by atoms with Gasteiger partial charge in [0.05, 0.1) is 0 Å². The number of alkyl halides is 3. The molecule has 0 fully saturated rings. The smallest absolute Gasteiger partial charge is 0.245 e. The van der Waals surface area contributed by atoms with Crippen LogP contribution in [0.4, 0.5) is 13.2 Å². The third kappa shape index (κ3) is 2.79.